The topological polar surface area (TPSA) is 73.1 Å². The van der Waals surface area contributed by atoms with Gasteiger partial charge in [0.05, 0.1) is 6.20 Å². The first-order valence-electron chi connectivity index (χ1n) is 4.75. The van der Waals surface area contributed by atoms with Crippen LogP contribution in [0.5, 0.6) is 0 Å². The van der Waals surface area contributed by atoms with Gasteiger partial charge in [-0.2, -0.15) is 4.98 Å². The van der Waals surface area contributed by atoms with Gasteiger partial charge in [0.25, 0.3) is 0 Å². The third-order valence-electron chi connectivity index (χ3n) is 1.83. The standard InChI is InChI=1S/C9H15FN4O/c1-15-5-3-2-4-12-8-7(10)6-13-9(11)14-8/h6H,2-5H2,1H3,(H3,11,12,13,14). The molecule has 0 amide bonds. The molecule has 0 saturated heterocycles. The second kappa shape index (κ2) is 6.13. The Morgan fingerprint density at radius 3 is 3.07 bits per heavy atom. The summed E-state index contributed by atoms with van der Waals surface area (Å²) in [5, 5.41) is 2.85. The van der Waals surface area contributed by atoms with Gasteiger partial charge in [0, 0.05) is 20.3 Å². The average molecular weight is 214 g/mol. The highest BCUT2D eigenvalue weighted by Gasteiger charge is 2.03. The summed E-state index contributed by atoms with van der Waals surface area (Å²) in [7, 11) is 1.65. The summed E-state index contributed by atoms with van der Waals surface area (Å²) in [6.07, 6.45) is 2.86. The van der Waals surface area contributed by atoms with Crippen molar-refractivity contribution >= 4 is 11.8 Å². The molecular weight excluding hydrogens is 199 g/mol. The molecule has 6 heteroatoms. The van der Waals surface area contributed by atoms with Crippen molar-refractivity contribution in [3.05, 3.63) is 12.0 Å². The summed E-state index contributed by atoms with van der Waals surface area (Å²) in [6, 6.07) is 0. The van der Waals surface area contributed by atoms with E-state index in [0.717, 1.165) is 19.0 Å². The lowest BCUT2D eigenvalue weighted by molar-refractivity contribution is 0.193. The monoisotopic (exact) mass is 214 g/mol. The highest BCUT2D eigenvalue weighted by atomic mass is 19.1. The average Bonchev–Trinajstić information content (AvgIpc) is 2.23. The van der Waals surface area contributed by atoms with Crippen LogP contribution in [-0.2, 0) is 4.74 Å². The third kappa shape index (κ3) is 4.07. The van der Waals surface area contributed by atoms with E-state index in [9.17, 15) is 4.39 Å². The fourth-order valence-electron chi connectivity index (χ4n) is 1.08. The van der Waals surface area contributed by atoms with Crippen molar-refractivity contribution in [2.75, 3.05) is 31.3 Å². The maximum Gasteiger partial charge on any atom is 0.222 e. The van der Waals surface area contributed by atoms with Crippen LogP contribution >= 0.6 is 0 Å². The Kier molecular flexibility index (Phi) is 4.76. The number of nitrogens with two attached hydrogens (primary N) is 1. The van der Waals surface area contributed by atoms with Crippen molar-refractivity contribution in [2.24, 2.45) is 0 Å². The number of ether oxygens (including phenoxy) is 1. The molecule has 0 atom stereocenters. The third-order valence-corrected chi connectivity index (χ3v) is 1.83. The summed E-state index contributed by atoms with van der Waals surface area (Å²) in [6.45, 7) is 1.34. The minimum absolute atomic E-state index is 0.0655. The number of aromatic nitrogens is 2. The summed E-state index contributed by atoms with van der Waals surface area (Å²) >= 11 is 0. The minimum Gasteiger partial charge on any atom is -0.385 e. The molecule has 0 bridgehead atoms. The van der Waals surface area contributed by atoms with Gasteiger partial charge in [0.2, 0.25) is 5.95 Å². The number of nitrogen functional groups attached to an aromatic ring is 1. The van der Waals surface area contributed by atoms with Crippen molar-refractivity contribution in [1.29, 1.82) is 0 Å². The van der Waals surface area contributed by atoms with Crippen LogP contribution in [0, 0.1) is 5.82 Å². The second-order valence-electron chi connectivity index (χ2n) is 3.05. The number of rotatable bonds is 6. The lowest BCUT2D eigenvalue weighted by Crippen LogP contribution is -2.08. The molecule has 0 fully saturated rings. The largest absolute Gasteiger partial charge is 0.385 e. The van der Waals surface area contributed by atoms with Gasteiger partial charge in [0.1, 0.15) is 0 Å². The number of nitrogens with zero attached hydrogens (tertiary/aromatic N) is 2. The zero-order valence-electron chi connectivity index (χ0n) is 8.66. The van der Waals surface area contributed by atoms with Gasteiger partial charge >= 0.3 is 0 Å². The minimum atomic E-state index is -0.490. The highest BCUT2D eigenvalue weighted by molar-refractivity contribution is 5.38. The first-order chi connectivity index (χ1) is 7.24. The normalized spacial score (nSPS) is 10.3. The summed E-state index contributed by atoms with van der Waals surface area (Å²) in [5.74, 6) is -0.272. The molecule has 0 aliphatic rings. The van der Waals surface area contributed by atoms with E-state index in [1.807, 2.05) is 0 Å². The van der Waals surface area contributed by atoms with Gasteiger partial charge in [-0.3, -0.25) is 0 Å². The first kappa shape index (κ1) is 11.6. The SMILES string of the molecule is COCCCCNc1nc(N)ncc1F. The number of halogens is 1. The molecule has 5 nitrogen and oxygen atoms in total. The molecule has 15 heavy (non-hydrogen) atoms. The lowest BCUT2D eigenvalue weighted by Gasteiger charge is -2.06. The molecule has 0 aliphatic carbocycles. The van der Waals surface area contributed by atoms with E-state index >= 15 is 0 Å². The fraction of sp³-hybridized carbons (Fsp3) is 0.556. The van der Waals surface area contributed by atoms with Crippen LogP contribution in [0.25, 0.3) is 0 Å². The number of methoxy groups -OCH3 is 1. The molecule has 1 rings (SSSR count). The van der Waals surface area contributed by atoms with E-state index in [0.29, 0.717) is 13.2 Å². The molecular formula is C9H15FN4O. The lowest BCUT2D eigenvalue weighted by atomic mass is 10.3. The number of anilines is 2. The molecule has 0 unspecified atom stereocenters. The second-order valence-corrected chi connectivity index (χ2v) is 3.05. The van der Waals surface area contributed by atoms with Crippen LogP contribution in [0.4, 0.5) is 16.2 Å². The number of unbranched alkanes of at least 4 members (excludes halogenated alkanes) is 1. The number of hydrogen-bond acceptors (Lipinski definition) is 5. The van der Waals surface area contributed by atoms with Gasteiger partial charge in [-0.15, -0.1) is 0 Å². The maximum atomic E-state index is 13.1. The Morgan fingerprint density at radius 1 is 1.53 bits per heavy atom. The molecule has 1 aromatic rings. The van der Waals surface area contributed by atoms with Crippen LogP contribution < -0.4 is 11.1 Å². The van der Waals surface area contributed by atoms with E-state index in [-0.39, 0.29) is 11.8 Å². The van der Waals surface area contributed by atoms with Crippen molar-refractivity contribution in [2.45, 2.75) is 12.8 Å². The molecule has 0 saturated carbocycles. The highest BCUT2D eigenvalue weighted by Crippen LogP contribution is 2.09. The summed E-state index contributed by atoms with van der Waals surface area (Å²) in [5.41, 5.74) is 5.33. The van der Waals surface area contributed by atoms with Gasteiger partial charge < -0.3 is 15.8 Å². The van der Waals surface area contributed by atoms with Crippen LogP contribution in [0.1, 0.15) is 12.8 Å². The van der Waals surface area contributed by atoms with Crippen LogP contribution in [-0.4, -0.2) is 30.2 Å². The van der Waals surface area contributed by atoms with E-state index in [1.54, 1.807) is 7.11 Å². The first-order valence-corrected chi connectivity index (χ1v) is 4.75. The van der Waals surface area contributed by atoms with E-state index in [2.05, 4.69) is 15.3 Å². The molecule has 1 aromatic heterocycles. The fourth-order valence-corrected chi connectivity index (χ4v) is 1.08. The number of hydrogen-bond donors (Lipinski definition) is 2. The Morgan fingerprint density at radius 2 is 2.33 bits per heavy atom. The molecule has 3 N–H and O–H groups in total. The zero-order valence-corrected chi connectivity index (χ0v) is 8.66. The number of nitrogens with one attached hydrogen (secondary N) is 1. The molecule has 0 aromatic carbocycles. The Balaban J connectivity index is 2.33. The van der Waals surface area contributed by atoms with Crippen LogP contribution in [0.2, 0.25) is 0 Å². The predicted octanol–water partition coefficient (Wildman–Crippen LogP) is 1.04. The quantitative estimate of drug-likeness (QED) is 0.692. The van der Waals surface area contributed by atoms with Crippen molar-refractivity contribution < 1.29 is 9.13 Å². The van der Waals surface area contributed by atoms with E-state index in [1.165, 1.54) is 0 Å². The van der Waals surface area contributed by atoms with Gasteiger partial charge in [-0.25, -0.2) is 9.37 Å². The smallest absolute Gasteiger partial charge is 0.222 e. The van der Waals surface area contributed by atoms with Gasteiger partial charge in [-0.1, -0.05) is 0 Å². The molecule has 84 valence electrons. The van der Waals surface area contributed by atoms with Crippen LogP contribution in [0.15, 0.2) is 6.20 Å². The molecule has 0 aliphatic heterocycles. The Bertz CT molecular complexity index is 308. The van der Waals surface area contributed by atoms with E-state index in [4.69, 9.17) is 10.5 Å². The van der Waals surface area contributed by atoms with Crippen LogP contribution in [0.3, 0.4) is 0 Å². The van der Waals surface area contributed by atoms with Gasteiger partial charge in [-0.05, 0) is 12.8 Å². The maximum absolute atomic E-state index is 13.1. The molecule has 0 spiro atoms. The Hall–Kier alpha value is -1.43. The van der Waals surface area contributed by atoms with Crippen molar-refractivity contribution in [3.8, 4) is 0 Å². The van der Waals surface area contributed by atoms with E-state index < -0.39 is 5.82 Å². The van der Waals surface area contributed by atoms with Crippen molar-refractivity contribution in [1.82, 2.24) is 9.97 Å². The van der Waals surface area contributed by atoms with Crippen molar-refractivity contribution in [3.63, 3.8) is 0 Å². The summed E-state index contributed by atoms with van der Waals surface area (Å²) in [4.78, 5) is 7.27. The zero-order chi connectivity index (χ0) is 11.1. The van der Waals surface area contributed by atoms with Gasteiger partial charge in [0.15, 0.2) is 11.6 Å². The molecule has 0 radical (unpaired) electrons. The summed E-state index contributed by atoms with van der Waals surface area (Å²) < 4.78 is 18.0. The predicted molar refractivity (Wildman–Crippen MR) is 56.0 cm³/mol. The molecule has 1 heterocycles. The Labute approximate surface area is 87.9 Å².